The van der Waals surface area contributed by atoms with Gasteiger partial charge in [0.1, 0.15) is 6.33 Å². The van der Waals surface area contributed by atoms with Crippen molar-refractivity contribution in [2.45, 2.75) is 6.92 Å². The van der Waals surface area contributed by atoms with Crippen LogP contribution >= 0.6 is 15.9 Å². The lowest BCUT2D eigenvalue weighted by molar-refractivity contribution is -0.116. The van der Waals surface area contributed by atoms with Crippen LogP contribution in [0.5, 0.6) is 0 Å². The van der Waals surface area contributed by atoms with Crippen molar-refractivity contribution < 1.29 is 4.79 Å². The van der Waals surface area contributed by atoms with E-state index in [1.54, 1.807) is 13.1 Å². The quantitative estimate of drug-likeness (QED) is 0.529. The van der Waals surface area contributed by atoms with Gasteiger partial charge in [-0.2, -0.15) is 0 Å². The summed E-state index contributed by atoms with van der Waals surface area (Å²) in [7, 11) is 0. The molecule has 24 heavy (non-hydrogen) atoms. The highest BCUT2D eigenvalue weighted by Gasteiger charge is 2.05. The molecule has 0 aliphatic heterocycles. The average molecular weight is 383 g/mol. The van der Waals surface area contributed by atoms with Crippen LogP contribution in [0.15, 0.2) is 65.0 Å². The van der Waals surface area contributed by atoms with Crippen molar-refractivity contribution in [3.63, 3.8) is 0 Å². The smallest absolute Gasteiger partial charge is 0.265 e. The van der Waals surface area contributed by atoms with E-state index >= 15 is 0 Å². The third-order valence-electron chi connectivity index (χ3n) is 3.45. The summed E-state index contributed by atoms with van der Waals surface area (Å²) in [4.78, 5) is 20.4. The van der Waals surface area contributed by atoms with Crippen LogP contribution in [0, 0.1) is 0 Å². The standard InChI is InChI=1S/C18H15BrN4O/c1-12(18(24)23-22-17-5-3-2-4-15(17)19)8-13-6-7-16-14(9-13)10-20-11-21-16/h2-11,22H,1H3,(H,23,24). The lowest BCUT2D eigenvalue weighted by Gasteiger charge is -2.10. The molecule has 6 heteroatoms. The van der Waals surface area contributed by atoms with Gasteiger partial charge >= 0.3 is 0 Å². The highest BCUT2D eigenvalue weighted by molar-refractivity contribution is 9.10. The second-order valence-electron chi connectivity index (χ2n) is 5.23. The predicted octanol–water partition coefficient (Wildman–Crippen LogP) is 3.94. The van der Waals surface area contributed by atoms with Gasteiger partial charge in [0.25, 0.3) is 5.91 Å². The zero-order chi connectivity index (χ0) is 16.9. The number of amides is 1. The number of nitrogens with one attached hydrogen (secondary N) is 2. The Balaban J connectivity index is 1.72. The Labute approximate surface area is 147 Å². The van der Waals surface area contributed by atoms with E-state index in [2.05, 4.69) is 36.7 Å². The van der Waals surface area contributed by atoms with Crippen LogP contribution in [0.4, 0.5) is 5.69 Å². The number of nitrogens with zero attached hydrogens (tertiary/aromatic N) is 2. The molecule has 2 N–H and O–H groups in total. The second-order valence-corrected chi connectivity index (χ2v) is 6.08. The molecule has 1 aromatic heterocycles. The van der Waals surface area contributed by atoms with Crippen LogP contribution < -0.4 is 10.9 Å². The van der Waals surface area contributed by atoms with E-state index in [4.69, 9.17) is 0 Å². The molecule has 0 atom stereocenters. The molecule has 0 saturated carbocycles. The molecule has 0 aliphatic rings. The summed E-state index contributed by atoms with van der Waals surface area (Å²) < 4.78 is 0.876. The van der Waals surface area contributed by atoms with E-state index in [0.717, 1.165) is 26.6 Å². The average Bonchev–Trinajstić information content (AvgIpc) is 2.60. The fourth-order valence-electron chi connectivity index (χ4n) is 2.19. The fraction of sp³-hybridized carbons (Fsp3) is 0.0556. The predicted molar refractivity (Wildman–Crippen MR) is 99.1 cm³/mol. The normalized spacial score (nSPS) is 11.3. The largest absolute Gasteiger partial charge is 0.297 e. The van der Waals surface area contributed by atoms with Gasteiger partial charge in [0.05, 0.1) is 11.2 Å². The van der Waals surface area contributed by atoms with Crippen LogP contribution in [-0.2, 0) is 4.79 Å². The molecule has 0 saturated heterocycles. The number of benzene rings is 2. The first-order chi connectivity index (χ1) is 11.6. The molecule has 1 amide bonds. The zero-order valence-electron chi connectivity index (χ0n) is 13.0. The monoisotopic (exact) mass is 382 g/mol. The lowest BCUT2D eigenvalue weighted by atomic mass is 10.1. The molecule has 3 aromatic rings. The second kappa shape index (κ2) is 7.23. The Hall–Kier alpha value is -2.73. The first kappa shape index (κ1) is 16.1. The van der Waals surface area contributed by atoms with E-state index < -0.39 is 0 Å². The fourth-order valence-corrected chi connectivity index (χ4v) is 2.58. The molecule has 0 aliphatic carbocycles. The minimum Gasteiger partial charge on any atom is -0.297 e. The van der Waals surface area contributed by atoms with E-state index in [0.29, 0.717) is 5.57 Å². The van der Waals surface area contributed by atoms with E-state index in [1.165, 1.54) is 6.33 Å². The number of hydrogen-bond acceptors (Lipinski definition) is 4. The lowest BCUT2D eigenvalue weighted by Crippen LogP contribution is -2.30. The molecular weight excluding hydrogens is 368 g/mol. The van der Waals surface area contributed by atoms with Gasteiger partial charge in [-0.3, -0.25) is 15.6 Å². The van der Waals surface area contributed by atoms with Gasteiger partial charge in [-0.25, -0.2) is 9.97 Å². The first-order valence-corrected chi connectivity index (χ1v) is 8.12. The number of carbonyl (C=O) groups is 1. The van der Waals surface area contributed by atoms with Gasteiger partial charge in [-0.15, -0.1) is 0 Å². The summed E-state index contributed by atoms with van der Waals surface area (Å²) in [5, 5.41) is 0.936. The summed E-state index contributed by atoms with van der Waals surface area (Å²) in [5.74, 6) is -0.199. The number of para-hydroxylation sites is 1. The van der Waals surface area contributed by atoms with E-state index in [1.807, 2.05) is 48.5 Å². The zero-order valence-corrected chi connectivity index (χ0v) is 14.5. The number of carbonyl (C=O) groups excluding carboxylic acids is 1. The molecule has 0 unspecified atom stereocenters. The van der Waals surface area contributed by atoms with Crippen LogP contribution in [0.3, 0.4) is 0 Å². The summed E-state index contributed by atoms with van der Waals surface area (Å²) in [6, 6.07) is 13.3. The van der Waals surface area contributed by atoms with Crippen LogP contribution in [0.1, 0.15) is 12.5 Å². The Kier molecular flexibility index (Phi) is 4.86. The molecule has 5 nitrogen and oxygen atoms in total. The minimum atomic E-state index is -0.199. The maximum Gasteiger partial charge on any atom is 0.265 e. The van der Waals surface area contributed by atoms with Crippen LogP contribution in [-0.4, -0.2) is 15.9 Å². The number of hydrazine groups is 1. The van der Waals surface area contributed by atoms with E-state index in [9.17, 15) is 4.79 Å². The number of fused-ring (bicyclic) bond motifs is 1. The molecule has 0 bridgehead atoms. The third-order valence-corrected chi connectivity index (χ3v) is 4.15. The highest BCUT2D eigenvalue weighted by Crippen LogP contribution is 2.20. The molecule has 3 rings (SSSR count). The number of rotatable bonds is 4. The number of halogens is 1. The maximum absolute atomic E-state index is 12.2. The molecule has 2 aromatic carbocycles. The number of hydrogen-bond donors (Lipinski definition) is 2. The van der Waals surface area contributed by atoms with Gasteiger partial charge < -0.3 is 0 Å². The Bertz CT molecular complexity index is 924. The minimum absolute atomic E-state index is 0.199. The van der Waals surface area contributed by atoms with E-state index in [-0.39, 0.29) is 5.91 Å². The topological polar surface area (TPSA) is 66.9 Å². The SMILES string of the molecule is CC(=Cc1ccc2ncncc2c1)C(=O)NNc1ccccc1Br. The van der Waals surface area contributed by atoms with Gasteiger partial charge in [-0.05, 0) is 58.8 Å². The van der Waals surface area contributed by atoms with Crippen molar-refractivity contribution in [3.8, 4) is 0 Å². The Morgan fingerprint density at radius 2 is 2.04 bits per heavy atom. The highest BCUT2D eigenvalue weighted by atomic mass is 79.9. The van der Waals surface area contributed by atoms with Gasteiger partial charge in [0.15, 0.2) is 0 Å². The third kappa shape index (κ3) is 3.78. The molecule has 1 heterocycles. The van der Waals surface area contributed by atoms with Crippen LogP contribution in [0.25, 0.3) is 17.0 Å². The maximum atomic E-state index is 12.2. The van der Waals surface area contributed by atoms with Gasteiger partial charge in [-0.1, -0.05) is 18.2 Å². The van der Waals surface area contributed by atoms with Crippen LogP contribution in [0.2, 0.25) is 0 Å². The summed E-state index contributed by atoms with van der Waals surface area (Å²) in [6.07, 6.45) is 5.09. The molecule has 120 valence electrons. The Morgan fingerprint density at radius 3 is 2.88 bits per heavy atom. The first-order valence-electron chi connectivity index (χ1n) is 7.32. The van der Waals surface area contributed by atoms with Gasteiger partial charge in [0, 0.05) is 21.6 Å². The van der Waals surface area contributed by atoms with Crippen molar-refractivity contribution in [1.29, 1.82) is 0 Å². The molecule has 0 spiro atoms. The van der Waals surface area contributed by atoms with Crippen molar-refractivity contribution in [3.05, 3.63) is 70.6 Å². The van der Waals surface area contributed by atoms with Crippen molar-refractivity contribution in [1.82, 2.24) is 15.4 Å². The van der Waals surface area contributed by atoms with Crippen molar-refractivity contribution in [2.24, 2.45) is 0 Å². The molecule has 0 fully saturated rings. The molecule has 0 radical (unpaired) electrons. The number of anilines is 1. The Morgan fingerprint density at radius 1 is 1.21 bits per heavy atom. The molecular formula is C18H15BrN4O. The summed E-state index contributed by atoms with van der Waals surface area (Å²) >= 11 is 3.42. The summed E-state index contributed by atoms with van der Waals surface area (Å²) in [5.41, 5.74) is 8.77. The number of aromatic nitrogens is 2. The summed E-state index contributed by atoms with van der Waals surface area (Å²) in [6.45, 7) is 1.77. The van der Waals surface area contributed by atoms with Gasteiger partial charge in [0.2, 0.25) is 0 Å². The van der Waals surface area contributed by atoms with Crippen molar-refractivity contribution in [2.75, 3.05) is 5.43 Å². The van der Waals surface area contributed by atoms with Crippen molar-refractivity contribution >= 4 is 44.5 Å².